The molecule has 1 aromatic carbocycles. The molecule has 0 radical (unpaired) electrons. The predicted octanol–water partition coefficient (Wildman–Crippen LogP) is 3.50. The maximum Gasteiger partial charge on any atom is 0.258 e. The summed E-state index contributed by atoms with van der Waals surface area (Å²) < 4.78 is 1.88. The topological polar surface area (TPSA) is 37.6 Å². The number of pyridine rings is 1. The van der Waals surface area contributed by atoms with Gasteiger partial charge in [0.2, 0.25) is 0 Å². The van der Waals surface area contributed by atoms with Crippen molar-refractivity contribution < 1.29 is 4.79 Å². The highest BCUT2D eigenvalue weighted by atomic mass is 35.5. The first-order chi connectivity index (χ1) is 10.7. The summed E-state index contributed by atoms with van der Waals surface area (Å²) in [6, 6.07) is 13.4. The first-order valence-electron chi connectivity index (χ1n) is 6.88. The number of anilines is 1. The summed E-state index contributed by atoms with van der Waals surface area (Å²) in [5.74, 6) is -0.0388. The highest BCUT2D eigenvalue weighted by Gasteiger charge is 2.29. The van der Waals surface area contributed by atoms with Crippen LogP contribution < -0.4 is 4.90 Å². The van der Waals surface area contributed by atoms with Crippen LogP contribution in [0.3, 0.4) is 0 Å². The van der Waals surface area contributed by atoms with Gasteiger partial charge in [0.15, 0.2) is 5.15 Å². The molecule has 1 aliphatic rings. The fraction of sp³-hybridized carbons (Fsp3) is 0.0588. The van der Waals surface area contributed by atoms with Gasteiger partial charge in [-0.05, 0) is 24.3 Å². The molecule has 0 saturated carbocycles. The quantitative estimate of drug-likeness (QED) is 0.645. The van der Waals surface area contributed by atoms with Crippen LogP contribution in [0.4, 0.5) is 5.69 Å². The zero-order chi connectivity index (χ0) is 15.3. The average molecular weight is 310 g/mol. The van der Waals surface area contributed by atoms with Crippen LogP contribution in [0.25, 0.3) is 17.3 Å². The molecule has 2 aromatic heterocycles. The molecule has 108 valence electrons. The second kappa shape index (κ2) is 4.71. The third-order valence-corrected chi connectivity index (χ3v) is 4.17. The molecule has 5 heteroatoms. The molecule has 4 nitrogen and oxygen atoms in total. The van der Waals surface area contributed by atoms with E-state index in [1.807, 2.05) is 59.1 Å². The van der Waals surface area contributed by atoms with Crippen LogP contribution in [0.2, 0.25) is 5.15 Å². The van der Waals surface area contributed by atoms with Gasteiger partial charge >= 0.3 is 0 Å². The van der Waals surface area contributed by atoms with E-state index in [0.717, 1.165) is 16.9 Å². The summed E-state index contributed by atoms with van der Waals surface area (Å²) in [6.07, 6.45) is 3.70. The van der Waals surface area contributed by atoms with Crippen LogP contribution >= 0.6 is 11.6 Å². The summed E-state index contributed by atoms with van der Waals surface area (Å²) >= 11 is 6.26. The molecular formula is C17H12ClN3O. The maximum atomic E-state index is 12.5. The zero-order valence-electron chi connectivity index (χ0n) is 11.8. The molecule has 0 atom stereocenters. The molecule has 4 rings (SSSR count). The first-order valence-corrected chi connectivity index (χ1v) is 7.26. The number of benzene rings is 1. The van der Waals surface area contributed by atoms with Crippen molar-refractivity contribution in [2.45, 2.75) is 0 Å². The average Bonchev–Trinajstić information content (AvgIpc) is 2.98. The van der Waals surface area contributed by atoms with Crippen LogP contribution in [0.1, 0.15) is 11.3 Å². The third-order valence-electron chi connectivity index (χ3n) is 3.89. The van der Waals surface area contributed by atoms with Gasteiger partial charge < -0.3 is 4.90 Å². The van der Waals surface area contributed by atoms with Gasteiger partial charge in [-0.25, -0.2) is 4.98 Å². The molecule has 3 heterocycles. The van der Waals surface area contributed by atoms with E-state index in [-0.39, 0.29) is 5.91 Å². The Kier molecular flexibility index (Phi) is 2.81. The van der Waals surface area contributed by atoms with Crippen molar-refractivity contribution in [2.24, 2.45) is 0 Å². The number of halogens is 1. The predicted molar refractivity (Wildman–Crippen MR) is 87.9 cm³/mol. The number of rotatable bonds is 1. The Balaban J connectivity index is 1.96. The van der Waals surface area contributed by atoms with Crippen LogP contribution in [0, 0.1) is 0 Å². The minimum absolute atomic E-state index is 0.0388. The number of carbonyl (C=O) groups is 1. The number of para-hydroxylation sites is 1. The van der Waals surface area contributed by atoms with Crippen molar-refractivity contribution in [3.05, 3.63) is 65.1 Å². The second-order valence-electron chi connectivity index (χ2n) is 5.16. The fourth-order valence-electron chi connectivity index (χ4n) is 2.79. The van der Waals surface area contributed by atoms with E-state index in [1.54, 1.807) is 11.9 Å². The van der Waals surface area contributed by atoms with Gasteiger partial charge in [-0.3, -0.25) is 9.20 Å². The first kappa shape index (κ1) is 13.1. The Bertz CT molecular complexity index is 942. The normalized spacial score (nSPS) is 15.8. The Morgan fingerprint density at radius 2 is 1.91 bits per heavy atom. The summed E-state index contributed by atoms with van der Waals surface area (Å²) in [4.78, 5) is 18.5. The molecule has 1 aliphatic heterocycles. The number of imidazole rings is 1. The molecule has 0 bridgehead atoms. The Morgan fingerprint density at radius 3 is 2.77 bits per heavy atom. The highest BCUT2D eigenvalue weighted by Crippen LogP contribution is 2.37. The third kappa shape index (κ3) is 1.77. The number of hydrogen-bond acceptors (Lipinski definition) is 2. The van der Waals surface area contributed by atoms with Crippen molar-refractivity contribution in [1.29, 1.82) is 0 Å². The minimum Gasteiger partial charge on any atom is -0.311 e. The smallest absolute Gasteiger partial charge is 0.258 e. The summed E-state index contributed by atoms with van der Waals surface area (Å²) in [7, 11) is 1.78. The lowest BCUT2D eigenvalue weighted by molar-refractivity contribution is -0.112. The molecule has 1 amide bonds. The van der Waals surface area contributed by atoms with Crippen LogP contribution in [-0.2, 0) is 4.79 Å². The van der Waals surface area contributed by atoms with Crippen molar-refractivity contribution in [3.63, 3.8) is 0 Å². The van der Waals surface area contributed by atoms with Crippen molar-refractivity contribution >= 4 is 40.5 Å². The highest BCUT2D eigenvalue weighted by molar-refractivity contribution is 6.37. The zero-order valence-corrected chi connectivity index (χ0v) is 12.6. The molecule has 0 N–H and O–H groups in total. The van der Waals surface area contributed by atoms with E-state index in [4.69, 9.17) is 11.6 Å². The standard InChI is InChI=1S/C17H12ClN3O/c1-20-13-7-3-2-6-11(13)12(17(20)22)10-14-16(18)19-15-8-4-5-9-21(14)15/h2-10H,1H3/b12-10-. The van der Waals surface area contributed by atoms with Crippen LogP contribution in [-0.4, -0.2) is 22.3 Å². The van der Waals surface area contributed by atoms with Gasteiger partial charge in [0.05, 0.1) is 17.0 Å². The number of hydrogen-bond donors (Lipinski definition) is 0. The van der Waals surface area contributed by atoms with Gasteiger partial charge in [0, 0.05) is 18.8 Å². The summed E-state index contributed by atoms with van der Waals surface area (Å²) in [5.41, 5.74) is 3.92. The summed E-state index contributed by atoms with van der Waals surface area (Å²) in [6.45, 7) is 0. The monoisotopic (exact) mass is 309 g/mol. The Labute approximate surface area is 132 Å². The van der Waals surface area contributed by atoms with E-state index in [9.17, 15) is 4.79 Å². The number of amides is 1. The molecule has 22 heavy (non-hydrogen) atoms. The van der Waals surface area contributed by atoms with Crippen molar-refractivity contribution in [2.75, 3.05) is 11.9 Å². The summed E-state index contributed by atoms with van der Waals surface area (Å²) in [5, 5.41) is 0.388. The lowest BCUT2D eigenvalue weighted by atomic mass is 10.1. The van der Waals surface area contributed by atoms with E-state index in [0.29, 0.717) is 16.4 Å². The lowest BCUT2D eigenvalue weighted by Gasteiger charge is -2.07. The minimum atomic E-state index is -0.0388. The van der Waals surface area contributed by atoms with E-state index >= 15 is 0 Å². The van der Waals surface area contributed by atoms with Crippen LogP contribution in [0.5, 0.6) is 0 Å². The van der Waals surface area contributed by atoms with Crippen molar-refractivity contribution in [3.8, 4) is 0 Å². The SMILES string of the molecule is CN1C(=O)/C(=C\c2c(Cl)nc3ccccn23)c2ccccc21. The molecule has 0 spiro atoms. The lowest BCUT2D eigenvalue weighted by Crippen LogP contribution is -2.20. The largest absolute Gasteiger partial charge is 0.311 e. The maximum absolute atomic E-state index is 12.5. The van der Waals surface area contributed by atoms with Gasteiger partial charge in [0.1, 0.15) is 5.65 Å². The molecule has 0 aliphatic carbocycles. The Hall–Kier alpha value is -2.59. The van der Waals surface area contributed by atoms with E-state index < -0.39 is 0 Å². The second-order valence-corrected chi connectivity index (χ2v) is 5.51. The van der Waals surface area contributed by atoms with Gasteiger partial charge in [-0.2, -0.15) is 0 Å². The number of fused-ring (bicyclic) bond motifs is 2. The molecule has 0 fully saturated rings. The van der Waals surface area contributed by atoms with Gasteiger partial charge in [-0.15, -0.1) is 0 Å². The van der Waals surface area contributed by atoms with E-state index in [1.165, 1.54) is 0 Å². The number of carbonyl (C=O) groups excluding carboxylic acids is 1. The molecule has 0 saturated heterocycles. The Morgan fingerprint density at radius 1 is 1.14 bits per heavy atom. The van der Waals surface area contributed by atoms with Gasteiger partial charge in [-0.1, -0.05) is 35.9 Å². The van der Waals surface area contributed by atoms with Gasteiger partial charge in [0.25, 0.3) is 5.91 Å². The number of aromatic nitrogens is 2. The fourth-order valence-corrected chi connectivity index (χ4v) is 3.02. The molecular weight excluding hydrogens is 298 g/mol. The van der Waals surface area contributed by atoms with Crippen molar-refractivity contribution in [1.82, 2.24) is 9.38 Å². The molecule has 3 aromatic rings. The van der Waals surface area contributed by atoms with Crippen LogP contribution in [0.15, 0.2) is 48.7 Å². The number of likely N-dealkylation sites (N-methyl/N-ethyl adjacent to an activating group) is 1. The molecule has 0 unspecified atom stereocenters. The van der Waals surface area contributed by atoms with E-state index in [2.05, 4.69) is 4.98 Å². The number of nitrogens with zero attached hydrogens (tertiary/aromatic N) is 3.